The van der Waals surface area contributed by atoms with Gasteiger partial charge in [-0.05, 0) is 43.0 Å². The second kappa shape index (κ2) is 7.88. The van der Waals surface area contributed by atoms with E-state index in [2.05, 4.69) is 15.3 Å². The van der Waals surface area contributed by atoms with Gasteiger partial charge in [0.2, 0.25) is 0 Å². The monoisotopic (exact) mass is 338 g/mol. The standard InChI is InChI=1S/C19H22N4O2/c1-2-14-12-21-9-5-17(14)19(25)23-10-6-16(7-11-23)22-18(24)15-4-3-8-20-13-15/h3-5,8-9,12-13,16H,2,6-7,10-11H2,1H3,(H,22,24). The maximum atomic E-state index is 12.7. The van der Waals surface area contributed by atoms with E-state index >= 15 is 0 Å². The molecule has 0 unspecified atom stereocenters. The highest BCUT2D eigenvalue weighted by Gasteiger charge is 2.25. The highest BCUT2D eigenvalue weighted by molar-refractivity contribution is 5.96. The van der Waals surface area contributed by atoms with Gasteiger partial charge in [-0.2, -0.15) is 0 Å². The summed E-state index contributed by atoms with van der Waals surface area (Å²) >= 11 is 0. The van der Waals surface area contributed by atoms with Crippen molar-refractivity contribution in [2.24, 2.45) is 0 Å². The molecule has 0 aliphatic carbocycles. The van der Waals surface area contributed by atoms with Gasteiger partial charge in [-0.15, -0.1) is 0 Å². The van der Waals surface area contributed by atoms with Crippen LogP contribution in [0.2, 0.25) is 0 Å². The number of carbonyl (C=O) groups is 2. The van der Waals surface area contributed by atoms with Crippen molar-refractivity contribution < 1.29 is 9.59 Å². The Morgan fingerprint density at radius 1 is 1.16 bits per heavy atom. The molecule has 6 nitrogen and oxygen atoms in total. The Kier molecular flexibility index (Phi) is 5.38. The number of hydrogen-bond donors (Lipinski definition) is 1. The zero-order valence-corrected chi connectivity index (χ0v) is 14.3. The Bertz CT molecular complexity index is 740. The summed E-state index contributed by atoms with van der Waals surface area (Å²) in [6.07, 6.45) is 8.91. The van der Waals surface area contributed by atoms with Crippen molar-refractivity contribution in [3.63, 3.8) is 0 Å². The number of amides is 2. The van der Waals surface area contributed by atoms with E-state index in [-0.39, 0.29) is 17.9 Å². The Morgan fingerprint density at radius 2 is 1.92 bits per heavy atom. The second-order valence-electron chi connectivity index (χ2n) is 6.17. The van der Waals surface area contributed by atoms with Crippen LogP contribution < -0.4 is 5.32 Å². The Hall–Kier alpha value is -2.76. The molecule has 0 saturated carbocycles. The summed E-state index contributed by atoms with van der Waals surface area (Å²) in [4.78, 5) is 34.8. The van der Waals surface area contributed by atoms with Gasteiger partial charge in [0.25, 0.3) is 11.8 Å². The number of nitrogens with zero attached hydrogens (tertiary/aromatic N) is 3. The molecule has 0 spiro atoms. The first kappa shape index (κ1) is 17.1. The van der Waals surface area contributed by atoms with Crippen molar-refractivity contribution in [2.45, 2.75) is 32.2 Å². The maximum absolute atomic E-state index is 12.7. The maximum Gasteiger partial charge on any atom is 0.254 e. The van der Waals surface area contributed by atoms with E-state index in [4.69, 9.17) is 0 Å². The summed E-state index contributed by atoms with van der Waals surface area (Å²) in [5.41, 5.74) is 2.26. The van der Waals surface area contributed by atoms with Crippen molar-refractivity contribution in [1.29, 1.82) is 0 Å². The third-order valence-electron chi connectivity index (χ3n) is 4.56. The van der Waals surface area contributed by atoms with Crippen LogP contribution in [-0.4, -0.2) is 45.8 Å². The summed E-state index contributed by atoms with van der Waals surface area (Å²) in [5, 5.41) is 3.03. The minimum Gasteiger partial charge on any atom is -0.349 e. The van der Waals surface area contributed by atoms with E-state index in [1.54, 1.807) is 43.0 Å². The van der Waals surface area contributed by atoms with Crippen LogP contribution in [0, 0.1) is 0 Å². The molecule has 0 bridgehead atoms. The fourth-order valence-corrected chi connectivity index (χ4v) is 3.08. The van der Waals surface area contributed by atoms with Gasteiger partial charge >= 0.3 is 0 Å². The second-order valence-corrected chi connectivity index (χ2v) is 6.17. The number of likely N-dealkylation sites (tertiary alicyclic amines) is 1. The lowest BCUT2D eigenvalue weighted by Crippen LogP contribution is -2.46. The number of pyridine rings is 2. The van der Waals surface area contributed by atoms with E-state index < -0.39 is 0 Å². The van der Waals surface area contributed by atoms with E-state index in [0.717, 1.165) is 30.4 Å². The van der Waals surface area contributed by atoms with Crippen LogP contribution in [0.5, 0.6) is 0 Å². The van der Waals surface area contributed by atoms with Crippen LogP contribution in [0.3, 0.4) is 0 Å². The number of aromatic nitrogens is 2. The summed E-state index contributed by atoms with van der Waals surface area (Å²) in [6.45, 7) is 3.30. The highest BCUT2D eigenvalue weighted by atomic mass is 16.2. The third kappa shape index (κ3) is 4.02. The molecule has 1 aliphatic heterocycles. The average Bonchev–Trinajstić information content (AvgIpc) is 2.68. The minimum atomic E-state index is -0.111. The average molecular weight is 338 g/mol. The fourth-order valence-electron chi connectivity index (χ4n) is 3.08. The van der Waals surface area contributed by atoms with Crippen molar-refractivity contribution in [1.82, 2.24) is 20.2 Å². The van der Waals surface area contributed by atoms with Crippen LogP contribution in [-0.2, 0) is 6.42 Å². The smallest absolute Gasteiger partial charge is 0.254 e. The van der Waals surface area contributed by atoms with Gasteiger partial charge in [-0.25, -0.2) is 0 Å². The molecule has 130 valence electrons. The fraction of sp³-hybridized carbons (Fsp3) is 0.368. The summed E-state index contributed by atoms with van der Waals surface area (Å²) in [5.74, 6) is -0.0587. The van der Waals surface area contributed by atoms with Gasteiger partial charge < -0.3 is 10.2 Å². The molecule has 1 N–H and O–H groups in total. The van der Waals surface area contributed by atoms with Crippen molar-refractivity contribution >= 4 is 11.8 Å². The molecule has 1 saturated heterocycles. The lowest BCUT2D eigenvalue weighted by atomic mass is 10.0. The molecular weight excluding hydrogens is 316 g/mol. The zero-order chi connectivity index (χ0) is 17.6. The lowest BCUT2D eigenvalue weighted by molar-refractivity contribution is 0.0697. The first-order valence-corrected chi connectivity index (χ1v) is 8.62. The molecular formula is C19H22N4O2. The van der Waals surface area contributed by atoms with Gasteiger partial charge in [0.1, 0.15) is 0 Å². The molecule has 3 heterocycles. The van der Waals surface area contributed by atoms with E-state index in [1.165, 1.54) is 0 Å². The zero-order valence-electron chi connectivity index (χ0n) is 14.3. The molecule has 0 aromatic carbocycles. The van der Waals surface area contributed by atoms with Gasteiger partial charge in [0.05, 0.1) is 5.56 Å². The predicted octanol–water partition coefficient (Wildman–Crippen LogP) is 2.07. The van der Waals surface area contributed by atoms with Crippen molar-refractivity contribution in [3.8, 4) is 0 Å². The molecule has 2 aromatic heterocycles. The van der Waals surface area contributed by atoms with Crippen molar-refractivity contribution in [3.05, 3.63) is 59.7 Å². The molecule has 2 aromatic rings. The highest BCUT2D eigenvalue weighted by Crippen LogP contribution is 2.17. The van der Waals surface area contributed by atoms with Crippen LogP contribution in [0.1, 0.15) is 46.0 Å². The quantitative estimate of drug-likeness (QED) is 0.926. The molecule has 1 fully saturated rings. The van der Waals surface area contributed by atoms with Crippen LogP contribution in [0.4, 0.5) is 0 Å². The van der Waals surface area contributed by atoms with Gasteiger partial charge in [-0.3, -0.25) is 19.6 Å². The first-order valence-electron chi connectivity index (χ1n) is 8.62. The SMILES string of the molecule is CCc1cnccc1C(=O)N1CCC(NC(=O)c2cccnc2)CC1. The largest absolute Gasteiger partial charge is 0.349 e. The normalized spacial score (nSPS) is 15.0. The molecule has 1 aliphatic rings. The number of rotatable bonds is 4. The van der Waals surface area contributed by atoms with E-state index in [1.807, 2.05) is 11.8 Å². The predicted molar refractivity (Wildman–Crippen MR) is 94.2 cm³/mol. The van der Waals surface area contributed by atoms with E-state index in [9.17, 15) is 9.59 Å². The lowest BCUT2D eigenvalue weighted by Gasteiger charge is -2.32. The van der Waals surface area contributed by atoms with Crippen LogP contribution in [0.15, 0.2) is 43.0 Å². The number of piperidine rings is 1. The molecule has 0 atom stereocenters. The van der Waals surface area contributed by atoms with Gasteiger partial charge in [0, 0.05) is 49.5 Å². The Balaban J connectivity index is 1.57. The molecule has 2 amide bonds. The number of aryl methyl sites for hydroxylation is 1. The summed E-state index contributed by atoms with van der Waals surface area (Å²) in [7, 11) is 0. The molecule has 25 heavy (non-hydrogen) atoms. The summed E-state index contributed by atoms with van der Waals surface area (Å²) in [6, 6.07) is 5.37. The van der Waals surface area contributed by atoms with Crippen molar-refractivity contribution in [2.75, 3.05) is 13.1 Å². The topological polar surface area (TPSA) is 75.2 Å². The van der Waals surface area contributed by atoms with Gasteiger partial charge in [-0.1, -0.05) is 6.92 Å². The first-order chi connectivity index (χ1) is 12.2. The summed E-state index contributed by atoms with van der Waals surface area (Å²) < 4.78 is 0. The Labute approximate surface area is 147 Å². The Morgan fingerprint density at radius 3 is 2.60 bits per heavy atom. The third-order valence-corrected chi connectivity index (χ3v) is 4.56. The number of hydrogen-bond acceptors (Lipinski definition) is 4. The minimum absolute atomic E-state index is 0.0521. The van der Waals surface area contributed by atoms with Crippen LogP contribution >= 0.6 is 0 Å². The van der Waals surface area contributed by atoms with Gasteiger partial charge in [0.15, 0.2) is 0 Å². The molecule has 3 rings (SSSR count). The molecule has 6 heteroatoms. The molecule has 0 radical (unpaired) electrons. The number of carbonyl (C=O) groups excluding carboxylic acids is 2. The number of nitrogens with one attached hydrogen (secondary N) is 1. The van der Waals surface area contributed by atoms with Crippen LogP contribution in [0.25, 0.3) is 0 Å². The van der Waals surface area contributed by atoms with E-state index in [0.29, 0.717) is 18.7 Å².